The molecule has 2 heterocycles. The third-order valence-corrected chi connectivity index (χ3v) is 7.44. The highest BCUT2D eigenvalue weighted by molar-refractivity contribution is 5.60. The average Bonchev–Trinajstić information content (AvgIpc) is 3.17. The van der Waals surface area contributed by atoms with E-state index in [1.807, 2.05) is 17.1 Å². The van der Waals surface area contributed by atoms with Crippen LogP contribution in [-0.2, 0) is 5.67 Å². The van der Waals surface area contributed by atoms with E-state index < -0.39 is 17.3 Å². The minimum atomic E-state index is -1.41. The van der Waals surface area contributed by atoms with E-state index in [9.17, 15) is 13.2 Å². The van der Waals surface area contributed by atoms with Crippen molar-refractivity contribution in [2.45, 2.75) is 64.6 Å². The Labute approximate surface area is 201 Å². The van der Waals surface area contributed by atoms with Gasteiger partial charge < -0.3 is 10.3 Å². The normalized spacial score (nSPS) is 23.9. The Morgan fingerprint density at radius 3 is 2.53 bits per heavy atom. The highest BCUT2D eigenvalue weighted by atomic mass is 19.2. The number of halogens is 3. The second-order valence-electron chi connectivity index (χ2n) is 10.1. The molecule has 1 aromatic rings. The predicted octanol–water partition coefficient (Wildman–Crippen LogP) is 7.60. The molecule has 6 heteroatoms. The maximum atomic E-state index is 14.6. The summed E-state index contributed by atoms with van der Waals surface area (Å²) in [5.74, 6) is -1.43. The molecule has 1 fully saturated rings. The number of fused-ring (bicyclic) bond motifs is 1. The summed E-state index contributed by atoms with van der Waals surface area (Å²) in [5, 5.41) is 7.57. The van der Waals surface area contributed by atoms with Crippen molar-refractivity contribution in [2.24, 2.45) is 0 Å². The number of hydrogen-bond donors (Lipinski definition) is 1. The lowest BCUT2D eigenvalue weighted by Gasteiger charge is -2.51. The lowest BCUT2D eigenvalue weighted by molar-refractivity contribution is -0.0349. The lowest BCUT2D eigenvalue weighted by atomic mass is 9.83. The number of allylic oxidation sites excluding steroid dienone is 2. The van der Waals surface area contributed by atoms with Crippen LogP contribution in [0, 0.1) is 0 Å². The molecule has 3 nitrogen and oxygen atoms in total. The fraction of sp³-hybridized carbons (Fsp3) is 0.429. The van der Waals surface area contributed by atoms with Gasteiger partial charge in [-0.15, -0.1) is 0 Å². The Balaban J connectivity index is 1.64. The standard InChI is InChI=1S/C28H34F3N3/c1-18-25(19(2)32-23-13-11-22(12-14-23)27(4,5)31)20(3)33(34-16-8-15-28(18,34)6)17-21-9-7-10-24(29)26(21)30/h9,11-14,32H,2-3,7-8,10,15-17H2,1,4-6H3. The van der Waals surface area contributed by atoms with Crippen LogP contribution in [0.3, 0.4) is 0 Å². The first kappa shape index (κ1) is 24.4. The molecule has 2 aliphatic heterocycles. The zero-order chi connectivity index (χ0) is 24.8. The Kier molecular flexibility index (Phi) is 6.32. The zero-order valence-electron chi connectivity index (χ0n) is 20.6. The molecule has 1 aromatic carbocycles. The monoisotopic (exact) mass is 469 g/mol. The fourth-order valence-corrected chi connectivity index (χ4v) is 5.29. The summed E-state index contributed by atoms with van der Waals surface area (Å²) >= 11 is 0. The zero-order valence-corrected chi connectivity index (χ0v) is 20.6. The molecule has 3 aliphatic rings. The predicted molar refractivity (Wildman–Crippen MR) is 133 cm³/mol. The number of hydrazine groups is 1. The van der Waals surface area contributed by atoms with E-state index >= 15 is 0 Å². The highest BCUT2D eigenvalue weighted by Crippen LogP contribution is 2.47. The first-order chi connectivity index (χ1) is 15.9. The lowest BCUT2D eigenvalue weighted by Crippen LogP contribution is -2.56. The first-order valence-electron chi connectivity index (χ1n) is 11.9. The molecule has 1 N–H and O–H groups in total. The van der Waals surface area contributed by atoms with Crippen molar-refractivity contribution in [1.29, 1.82) is 0 Å². The van der Waals surface area contributed by atoms with Crippen molar-refractivity contribution in [3.05, 3.63) is 88.8 Å². The SMILES string of the molecule is C=C(Nc1ccc(C(C)(C)F)cc1)C1=C(C)C2(C)CCCN2N(CC2=CCCC(F)=C2F)C1=C. The van der Waals surface area contributed by atoms with E-state index in [1.165, 1.54) is 13.8 Å². The minimum absolute atomic E-state index is 0.112. The van der Waals surface area contributed by atoms with Crippen LogP contribution in [0.15, 0.2) is 83.3 Å². The van der Waals surface area contributed by atoms with Gasteiger partial charge >= 0.3 is 0 Å². The molecule has 0 amide bonds. The second-order valence-corrected chi connectivity index (χ2v) is 10.1. The van der Waals surface area contributed by atoms with Crippen LogP contribution in [-0.4, -0.2) is 28.6 Å². The van der Waals surface area contributed by atoms with Crippen LogP contribution in [0.25, 0.3) is 0 Å². The highest BCUT2D eigenvalue weighted by Gasteiger charge is 2.47. The van der Waals surface area contributed by atoms with Gasteiger partial charge in [-0.05, 0) is 70.2 Å². The molecule has 4 rings (SSSR count). The Morgan fingerprint density at radius 2 is 1.88 bits per heavy atom. The van der Waals surface area contributed by atoms with Crippen molar-refractivity contribution >= 4 is 5.69 Å². The van der Waals surface area contributed by atoms with Gasteiger partial charge in [-0.2, -0.15) is 0 Å². The largest absolute Gasteiger partial charge is 0.355 e. The average molecular weight is 470 g/mol. The molecule has 0 aromatic heterocycles. The van der Waals surface area contributed by atoms with Crippen LogP contribution in [0.1, 0.15) is 58.9 Å². The molecule has 34 heavy (non-hydrogen) atoms. The number of anilines is 1. The van der Waals surface area contributed by atoms with Gasteiger partial charge in [-0.25, -0.2) is 18.2 Å². The van der Waals surface area contributed by atoms with Crippen molar-refractivity contribution in [3.63, 3.8) is 0 Å². The van der Waals surface area contributed by atoms with Gasteiger partial charge in [-0.3, -0.25) is 0 Å². The molecular weight excluding hydrogens is 435 g/mol. The van der Waals surface area contributed by atoms with Gasteiger partial charge in [0, 0.05) is 35.5 Å². The summed E-state index contributed by atoms with van der Waals surface area (Å²) in [6, 6.07) is 7.19. The fourth-order valence-electron chi connectivity index (χ4n) is 5.29. The van der Waals surface area contributed by atoms with Crippen molar-refractivity contribution in [1.82, 2.24) is 10.0 Å². The van der Waals surface area contributed by atoms with Gasteiger partial charge in [0.15, 0.2) is 5.83 Å². The number of nitrogens with zero attached hydrogens (tertiary/aromatic N) is 2. The third kappa shape index (κ3) is 4.24. The molecule has 1 saturated heterocycles. The van der Waals surface area contributed by atoms with E-state index in [1.54, 1.807) is 18.2 Å². The van der Waals surface area contributed by atoms with E-state index in [-0.39, 0.29) is 18.5 Å². The number of benzene rings is 1. The van der Waals surface area contributed by atoms with Gasteiger partial charge in [0.2, 0.25) is 0 Å². The van der Waals surface area contributed by atoms with Crippen LogP contribution in [0.5, 0.6) is 0 Å². The van der Waals surface area contributed by atoms with Crippen LogP contribution < -0.4 is 5.32 Å². The van der Waals surface area contributed by atoms with Crippen molar-refractivity contribution in [2.75, 3.05) is 18.4 Å². The summed E-state index contributed by atoms with van der Waals surface area (Å²) in [6.45, 7) is 17.0. The van der Waals surface area contributed by atoms with Gasteiger partial charge in [0.1, 0.15) is 11.5 Å². The Morgan fingerprint density at radius 1 is 1.21 bits per heavy atom. The number of alkyl halides is 1. The number of rotatable bonds is 6. The summed E-state index contributed by atoms with van der Waals surface area (Å²) < 4.78 is 42.8. The number of hydrogen-bond acceptors (Lipinski definition) is 3. The topological polar surface area (TPSA) is 18.5 Å². The smallest absolute Gasteiger partial charge is 0.159 e. The van der Waals surface area contributed by atoms with E-state index in [2.05, 4.69) is 37.3 Å². The summed E-state index contributed by atoms with van der Waals surface area (Å²) in [7, 11) is 0. The summed E-state index contributed by atoms with van der Waals surface area (Å²) in [4.78, 5) is 0. The molecule has 1 unspecified atom stereocenters. The molecule has 0 radical (unpaired) electrons. The summed E-state index contributed by atoms with van der Waals surface area (Å²) in [6.07, 6.45) is 4.34. The maximum absolute atomic E-state index is 14.6. The van der Waals surface area contributed by atoms with E-state index in [4.69, 9.17) is 0 Å². The number of nitrogens with one attached hydrogen (secondary N) is 1. The van der Waals surface area contributed by atoms with Crippen molar-refractivity contribution in [3.8, 4) is 0 Å². The molecule has 1 aliphatic carbocycles. The maximum Gasteiger partial charge on any atom is 0.159 e. The van der Waals surface area contributed by atoms with E-state index in [0.717, 1.165) is 36.2 Å². The molecular formula is C28H34F3N3. The van der Waals surface area contributed by atoms with Crippen molar-refractivity contribution < 1.29 is 13.2 Å². The van der Waals surface area contributed by atoms with E-state index in [0.29, 0.717) is 29.0 Å². The first-order valence-corrected chi connectivity index (χ1v) is 11.9. The van der Waals surface area contributed by atoms with Crippen LogP contribution >= 0.6 is 0 Å². The third-order valence-electron chi connectivity index (χ3n) is 7.44. The minimum Gasteiger partial charge on any atom is -0.355 e. The second kappa shape index (κ2) is 8.81. The Bertz CT molecular complexity index is 1100. The quantitative estimate of drug-likeness (QED) is 0.463. The molecule has 1 atom stereocenters. The van der Waals surface area contributed by atoms with Gasteiger partial charge in [0.05, 0.1) is 17.8 Å². The molecule has 0 bridgehead atoms. The molecule has 0 saturated carbocycles. The summed E-state index contributed by atoms with van der Waals surface area (Å²) in [5.41, 5.74) is 3.49. The molecule has 182 valence electrons. The van der Waals surface area contributed by atoms with Gasteiger partial charge in [0.25, 0.3) is 0 Å². The van der Waals surface area contributed by atoms with Crippen LogP contribution in [0.2, 0.25) is 0 Å². The van der Waals surface area contributed by atoms with Gasteiger partial charge in [-0.1, -0.05) is 31.4 Å². The molecule has 0 spiro atoms. The Hall–Kier alpha value is -2.73. The van der Waals surface area contributed by atoms with Crippen LogP contribution in [0.4, 0.5) is 18.9 Å².